The van der Waals surface area contributed by atoms with E-state index >= 15 is 0 Å². The molecule has 0 fully saturated rings. The van der Waals surface area contributed by atoms with Crippen LogP contribution >= 0.6 is 0 Å². The molecule has 0 aromatic heterocycles. The highest BCUT2D eigenvalue weighted by atomic mass is 19.1. The standard InChI is InChI=1S/C17H18FN3O3/c18-14-5-3-4-13(12-14)8-9-17(22)20-11-10-19-15-6-1-2-7-16(15)21(23)24/h1-7,12,19H,8-11H2,(H,20,22). The van der Waals surface area contributed by atoms with Gasteiger partial charge in [0, 0.05) is 25.6 Å². The molecule has 1 amide bonds. The number of amides is 1. The van der Waals surface area contributed by atoms with E-state index in [4.69, 9.17) is 0 Å². The molecule has 0 atom stereocenters. The summed E-state index contributed by atoms with van der Waals surface area (Å²) in [6.07, 6.45) is 0.718. The second-order valence-electron chi connectivity index (χ2n) is 5.18. The lowest BCUT2D eigenvalue weighted by Gasteiger charge is -2.08. The predicted octanol–water partition coefficient (Wildman–Crippen LogP) is 2.89. The first-order chi connectivity index (χ1) is 11.6. The van der Waals surface area contributed by atoms with E-state index in [2.05, 4.69) is 10.6 Å². The van der Waals surface area contributed by atoms with Crippen molar-refractivity contribution in [2.24, 2.45) is 0 Å². The number of hydrogen-bond acceptors (Lipinski definition) is 4. The fraction of sp³-hybridized carbons (Fsp3) is 0.235. The number of halogens is 1. The van der Waals surface area contributed by atoms with Gasteiger partial charge in [0.1, 0.15) is 11.5 Å². The lowest BCUT2D eigenvalue weighted by atomic mass is 10.1. The van der Waals surface area contributed by atoms with Gasteiger partial charge in [-0.05, 0) is 30.2 Å². The Morgan fingerprint density at radius 2 is 1.92 bits per heavy atom. The molecule has 126 valence electrons. The molecule has 2 aromatic rings. The number of nitro benzene ring substituents is 1. The van der Waals surface area contributed by atoms with Crippen LogP contribution in [0.5, 0.6) is 0 Å². The minimum atomic E-state index is -0.458. The number of nitro groups is 1. The minimum Gasteiger partial charge on any atom is -0.378 e. The van der Waals surface area contributed by atoms with Crippen LogP contribution in [0.1, 0.15) is 12.0 Å². The van der Waals surface area contributed by atoms with Crippen molar-refractivity contribution < 1.29 is 14.1 Å². The molecule has 0 heterocycles. The van der Waals surface area contributed by atoms with Gasteiger partial charge in [0.2, 0.25) is 5.91 Å². The van der Waals surface area contributed by atoms with Gasteiger partial charge in [-0.2, -0.15) is 0 Å². The number of para-hydroxylation sites is 2. The summed E-state index contributed by atoms with van der Waals surface area (Å²) >= 11 is 0. The summed E-state index contributed by atoms with van der Waals surface area (Å²) in [4.78, 5) is 22.2. The smallest absolute Gasteiger partial charge is 0.292 e. The quantitative estimate of drug-likeness (QED) is 0.442. The molecule has 0 saturated heterocycles. The highest BCUT2D eigenvalue weighted by Gasteiger charge is 2.11. The molecule has 6 nitrogen and oxygen atoms in total. The van der Waals surface area contributed by atoms with Crippen LogP contribution in [-0.4, -0.2) is 23.9 Å². The van der Waals surface area contributed by atoms with E-state index in [1.54, 1.807) is 30.3 Å². The molecule has 0 aliphatic carbocycles. The first kappa shape index (κ1) is 17.4. The van der Waals surface area contributed by atoms with E-state index in [0.29, 0.717) is 25.2 Å². The largest absolute Gasteiger partial charge is 0.378 e. The molecular formula is C17H18FN3O3. The first-order valence-electron chi connectivity index (χ1n) is 7.54. The van der Waals surface area contributed by atoms with Crippen molar-refractivity contribution in [3.63, 3.8) is 0 Å². The zero-order chi connectivity index (χ0) is 17.4. The van der Waals surface area contributed by atoms with Crippen molar-refractivity contribution in [3.8, 4) is 0 Å². The van der Waals surface area contributed by atoms with Gasteiger partial charge in [0.05, 0.1) is 4.92 Å². The summed E-state index contributed by atoms with van der Waals surface area (Å²) in [5.74, 6) is -0.467. The zero-order valence-electron chi connectivity index (χ0n) is 13.0. The third kappa shape index (κ3) is 5.35. The monoisotopic (exact) mass is 331 g/mol. The lowest BCUT2D eigenvalue weighted by molar-refractivity contribution is -0.384. The van der Waals surface area contributed by atoms with E-state index in [1.165, 1.54) is 18.2 Å². The second-order valence-corrected chi connectivity index (χ2v) is 5.18. The van der Waals surface area contributed by atoms with Gasteiger partial charge < -0.3 is 10.6 Å². The van der Waals surface area contributed by atoms with Crippen LogP contribution in [0.15, 0.2) is 48.5 Å². The van der Waals surface area contributed by atoms with Gasteiger partial charge in [-0.1, -0.05) is 24.3 Å². The van der Waals surface area contributed by atoms with Crippen molar-refractivity contribution in [2.45, 2.75) is 12.8 Å². The predicted molar refractivity (Wildman–Crippen MR) is 89.3 cm³/mol. The van der Waals surface area contributed by atoms with Gasteiger partial charge in [0.15, 0.2) is 0 Å². The Hall–Kier alpha value is -2.96. The topological polar surface area (TPSA) is 84.3 Å². The minimum absolute atomic E-state index is 0.00469. The molecule has 7 heteroatoms. The number of nitrogens with zero attached hydrogens (tertiary/aromatic N) is 1. The van der Waals surface area contributed by atoms with E-state index in [-0.39, 0.29) is 23.8 Å². The third-order valence-electron chi connectivity index (χ3n) is 3.39. The summed E-state index contributed by atoms with van der Waals surface area (Å²) in [5.41, 5.74) is 1.18. The first-order valence-corrected chi connectivity index (χ1v) is 7.54. The Kier molecular flexibility index (Phi) is 6.24. The van der Waals surface area contributed by atoms with Crippen LogP contribution in [-0.2, 0) is 11.2 Å². The van der Waals surface area contributed by atoms with E-state index in [9.17, 15) is 19.3 Å². The number of carbonyl (C=O) groups is 1. The maximum absolute atomic E-state index is 13.0. The molecule has 2 N–H and O–H groups in total. The SMILES string of the molecule is O=C(CCc1cccc(F)c1)NCCNc1ccccc1[N+](=O)[O-]. The number of aryl methyl sites for hydroxylation is 1. The van der Waals surface area contributed by atoms with Gasteiger partial charge >= 0.3 is 0 Å². The third-order valence-corrected chi connectivity index (χ3v) is 3.39. The van der Waals surface area contributed by atoms with Gasteiger partial charge in [-0.15, -0.1) is 0 Å². The van der Waals surface area contributed by atoms with Crippen LogP contribution in [0.4, 0.5) is 15.8 Å². The van der Waals surface area contributed by atoms with Crippen molar-refractivity contribution in [1.82, 2.24) is 5.32 Å². The Morgan fingerprint density at radius 3 is 2.67 bits per heavy atom. The Bertz CT molecular complexity index is 722. The fourth-order valence-corrected chi connectivity index (χ4v) is 2.22. The molecular weight excluding hydrogens is 313 g/mol. The Morgan fingerprint density at radius 1 is 1.12 bits per heavy atom. The molecule has 0 saturated carbocycles. The summed E-state index contributed by atoms with van der Waals surface area (Å²) in [7, 11) is 0. The average Bonchev–Trinajstić information content (AvgIpc) is 2.57. The van der Waals surface area contributed by atoms with Crippen molar-refractivity contribution in [1.29, 1.82) is 0 Å². The number of hydrogen-bond donors (Lipinski definition) is 2. The van der Waals surface area contributed by atoms with Gasteiger partial charge in [0.25, 0.3) is 5.69 Å². The van der Waals surface area contributed by atoms with E-state index in [1.807, 2.05) is 0 Å². The van der Waals surface area contributed by atoms with Crippen LogP contribution in [0.3, 0.4) is 0 Å². The molecule has 0 aliphatic heterocycles. The Labute approximate surface area is 138 Å². The maximum atomic E-state index is 13.0. The molecule has 24 heavy (non-hydrogen) atoms. The summed E-state index contributed by atoms with van der Waals surface area (Å²) in [6.45, 7) is 0.713. The lowest BCUT2D eigenvalue weighted by Crippen LogP contribution is -2.29. The average molecular weight is 331 g/mol. The summed E-state index contributed by atoms with van der Waals surface area (Å²) < 4.78 is 13.0. The Balaban J connectivity index is 1.71. The highest BCUT2D eigenvalue weighted by Crippen LogP contribution is 2.22. The molecule has 0 spiro atoms. The van der Waals surface area contributed by atoms with Gasteiger partial charge in [-0.25, -0.2) is 4.39 Å². The van der Waals surface area contributed by atoms with Crippen molar-refractivity contribution in [2.75, 3.05) is 18.4 Å². The van der Waals surface area contributed by atoms with Crippen LogP contribution in [0.25, 0.3) is 0 Å². The number of rotatable bonds is 8. The molecule has 0 unspecified atom stereocenters. The summed E-state index contributed by atoms with van der Waals surface area (Å²) in [5, 5.41) is 16.5. The fourth-order valence-electron chi connectivity index (χ4n) is 2.22. The molecule has 0 bridgehead atoms. The van der Waals surface area contributed by atoms with Crippen LogP contribution in [0.2, 0.25) is 0 Å². The number of carbonyl (C=O) groups excluding carboxylic acids is 1. The van der Waals surface area contributed by atoms with Crippen molar-refractivity contribution in [3.05, 3.63) is 70.0 Å². The normalized spacial score (nSPS) is 10.2. The second kappa shape index (κ2) is 8.61. The van der Waals surface area contributed by atoms with E-state index in [0.717, 1.165) is 5.56 Å². The molecule has 0 aliphatic rings. The number of anilines is 1. The molecule has 0 radical (unpaired) electrons. The van der Waals surface area contributed by atoms with Crippen LogP contribution in [0, 0.1) is 15.9 Å². The van der Waals surface area contributed by atoms with Crippen LogP contribution < -0.4 is 10.6 Å². The molecule has 2 aromatic carbocycles. The maximum Gasteiger partial charge on any atom is 0.292 e. The number of nitrogens with one attached hydrogen (secondary N) is 2. The van der Waals surface area contributed by atoms with Crippen molar-refractivity contribution >= 4 is 17.3 Å². The zero-order valence-corrected chi connectivity index (χ0v) is 13.0. The highest BCUT2D eigenvalue weighted by molar-refractivity contribution is 5.76. The van der Waals surface area contributed by atoms with Gasteiger partial charge in [-0.3, -0.25) is 14.9 Å². The number of benzene rings is 2. The molecule has 2 rings (SSSR count). The summed E-state index contributed by atoms with van der Waals surface area (Å²) in [6, 6.07) is 12.5. The van der Waals surface area contributed by atoms with E-state index < -0.39 is 4.92 Å².